The maximum Gasteiger partial charge on any atom is 0.407 e. The fourth-order valence-electron chi connectivity index (χ4n) is 3.45. The SMILES string of the molecule is CNC(=O)OC12CCC(C(C)C)(CC1)CC2. The molecule has 0 radical (unpaired) electrons. The number of alkyl carbamates (subject to hydrolysis) is 1. The maximum absolute atomic E-state index is 11.3. The molecule has 0 unspecified atom stereocenters. The number of ether oxygens (including phenoxy) is 1. The molecule has 0 heterocycles. The number of amides is 1. The largest absolute Gasteiger partial charge is 0.443 e. The molecule has 2 bridgehead atoms. The second-order valence-electron chi connectivity index (χ2n) is 5.84. The Morgan fingerprint density at radius 1 is 1.12 bits per heavy atom. The standard InChI is InChI=1S/C13H23NO2/c1-10(2)12-4-7-13(8-5-12,9-6-12)16-11(15)14-3/h10H,4-9H2,1-3H3,(H,14,15). The van der Waals surface area contributed by atoms with Crippen LogP contribution >= 0.6 is 0 Å². The quantitative estimate of drug-likeness (QED) is 0.784. The summed E-state index contributed by atoms with van der Waals surface area (Å²) in [6, 6.07) is 0. The Kier molecular flexibility index (Phi) is 2.89. The maximum atomic E-state index is 11.3. The highest BCUT2D eigenvalue weighted by Gasteiger charge is 2.51. The molecule has 0 atom stereocenters. The molecule has 3 saturated carbocycles. The van der Waals surface area contributed by atoms with Gasteiger partial charge in [0, 0.05) is 7.05 Å². The van der Waals surface area contributed by atoms with E-state index in [1.807, 2.05) is 0 Å². The lowest BCUT2D eigenvalue weighted by molar-refractivity contribution is -0.111. The monoisotopic (exact) mass is 225 g/mol. The van der Waals surface area contributed by atoms with Gasteiger partial charge in [0.05, 0.1) is 0 Å². The van der Waals surface area contributed by atoms with E-state index in [2.05, 4.69) is 19.2 Å². The molecule has 92 valence electrons. The number of carbonyl (C=O) groups is 1. The third-order valence-electron chi connectivity index (χ3n) is 4.97. The van der Waals surface area contributed by atoms with Crippen molar-refractivity contribution in [2.24, 2.45) is 11.3 Å². The van der Waals surface area contributed by atoms with Crippen LogP contribution in [0.1, 0.15) is 52.4 Å². The minimum atomic E-state index is -0.265. The molecule has 16 heavy (non-hydrogen) atoms. The first-order chi connectivity index (χ1) is 7.52. The van der Waals surface area contributed by atoms with Gasteiger partial charge >= 0.3 is 6.09 Å². The van der Waals surface area contributed by atoms with Crippen LogP contribution in [0.15, 0.2) is 0 Å². The average molecular weight is 225 g/mol. The van der Waals surface area contributed by atoms with Crippen LogP contribution in [0.2, 0.25) is 0 Å². The van der Waals surface area contributed by atoms with Crippen LogP contribution in [-0.4, -0.2) is 18.7 Å². The van der Waals surface area contributed by atoms with Gasteiger partial charge in [-0.25, -0.2) is 4.79 Å². The summed E-state index contributed by atoms with van der Waals surface area (Å²) in [6.45, 7) is 4.66. The third-order valence-corrected chi connectivity index (χ3v) is 4.97. The fraction of sp³-hybridized carbons (Fsp3) is 0.923. The summed E-state index contributed by atoms with van der Waals surface area (Å²) in [7, 11) is 1.63. The predicted octanol–water partition coefficient (Wildman–Crippen LogP) is 3.09. The molecule has 3 fully saturated rings. The Hall–Kier alpha value is -0.730. The van der Waals surface area contributed by atoms with E-state index >= 15 is 0 Å². The minimum absolute atomic E-state index is 0.142. The molecule has 0 saturated heterocycles. The highest BCUT2D eigenvalue weighted by Crippen LogP contribution is 2.57. The number of fused-ring (bicyclic) bond motifs is 3. The van der Waals surface area contributed by atoms with Gasteiger partial charge in [0.2, 0.25) is 0 Å². The molecule has 3 rings (SSSR count). The zero-order valence-electron chi connectivity index (χ0n) is 10.6. The molecule has 0 spiro atoms. The molecule has 3 aliphatic carbocycles. The van der Waals surface area contributed by atoms with Crippen LogP contribution in [0.4, 0.5) is 4.79 Å². The van der Waals surface area contributed by atoms with Crippen molar-refractivity contribution in [1.82, 2.24) is 5.32 Å². The molecule has 0 aliphatic heterocycles. The molecule has 0 aromatic carbocycles. The van der Waals surface area contributed by atoms with Crippen molar-refractivity contribution in [3.8, 4) is 0 Å². The molecule has 0 aromatic heterocycles. The van der Waals surface area contributed by atoms with E-state index in [-0.39, 0.29) is 11.7 Å². The Morgan fingerprint density at radius 2 is 1.62 bits per heavy atom. The highest BCUT2D eigenvalue weighted by molar-refractivity contribution is 5.67. The predicted molar refractivity (Wildman–Crippen MR) is 63.2 cm³/mol. The molecule has 3 aliphatic rings. The molecular formula is C13H23NO2. The van der Waals surface area contributed by atoms with Gasteiger partial charge in [-0.05, 0) is 49.9 Å². The van der Waals surface area contributed by atoms with Crippen molar-refractivity contribution in [2.75, 3.05) is 7.05 Å². The Labute approximate surface area is 97.9 Å². The smallest absolute Gasteiger partial charge is 0.407 e. The van der Waals surface area contributed by atoms with Crippen LogP contribution in [0.3, 0.4) is 0 Å². The Balaban J connectivity index is 2.03. The van der Waals surface area contributed by atoms with Crippen molar-refractivity contribution in [1.29, 1.82) is 0 Å². The molecule has 3 nitrogen and oxygen atoms in total. The lowest BCUT2D eigenvalue weighted by Crippen LogP contribution is -2.51. The molecule has 3 heteroatoms. The molecular weight excluding hydrogens is 202 g/mol. The first-order valence-electron chi connectivity index (χ1n) is 6.43. The van der Waals surface area contributed by atoms with Gasteiger partial charge in [0.15, 0.2) is 0 Å². The number of hydrogen-bond acceptors (Lipinski definition) is 2. The zero-order chi connectivity index (χ0) is 11.8. The van der Waals surface area contributed by atoms with E-state index in [4.69, 9.17) is 4.74 Å². The van der Waals surface area contributed by atoms with Crippen molar-refractivity contribution in [3.05, 3.63) is 0 Å². The first kappa shape index (κ1) is 11.7. The lowest BCUT2D eigenvalue weighted by Gasteiger charge is -2.54. The van der Waals surface area contributed by atoms with Crippen LogP contribution in [-0.2, 0) is 4.74 Å². The van der Waals surface area contributed by atoms with E-state index in [1.165, 1.54) is 19.3 Å². The number of hydrogen-bond donors (Lipinski definition) is 1. The second-order valence-corrected chi connectivity index (χ2v) is 5.84. The summed E-state index contributed by atoms with van der Waals surface area (Å²) >= 11 is 0. The summed E-state index contributed by atoms with van der Waals surface area (Å²) in [5.41, 5.74) is 0.393. The molecule has 0 aromatic rings. The van der Waals surface area contributed by atoms with E-state index < -0.39 is 0 Å². The third kappa shape index (κ3) is 1.80. The van der Waals surface area contributed by atoms with Gasteiger partial charge in [0.1, 0.15) is 5.60 Å². The minimum Gasteiger partial charge on any atom is -0.443 e. The molecule has 1 N–H and O–H groups in total. The topological polar surface area (TPSA) is 38.3 Å². The lowest BCUT2D eigenvalue weighted by atomic mass is 9.54. The fourth-order valence-corrected chi connectivity index (χ4v) is 3.45. The van der Waals surface area contributed by atoms with Gasteiger partial charge in [-0.1, -0.05) is 13.8 Å². The number of nitrogens with one attached hydrogen (secondary N) is 1. The summed E-state index contributed by atoms with van der Waals surface area (Å²) in [4.78, 5) is 11.3. The van der Waals surface area contributed by atoms with Gasteiger partial charge in [0.25, 0.3) is 0 Å². The van der Waals surface area contributed by atoms with Gasteiger partial charge < -0.3 is 10.1 Å². The van der Waals surface area contributed by atoms with Crippen molar-refractivity contribution in [3.63, 3.8) is 0 Å². The highest BCUT2D eigenvalue weighted by atomic mass is 16.6. The summed E-state index contributed by atoms with van der Waals surface area (Å²) in [6.07, 6.45) is 6.57. The summed E-state index contributed by atoms with van der Waals surface area (Å²) in [5.74, 6) is 0.755. The zero-order valence-corrected chi connectivity index (χ0v) is 10.6. The molecule has 1 amide bonds. The number of rotatable bonds is 2. The van der Waals surface area contributed by atoms with Crippen molar-refractivity contribution < 1.29 is 9.53 Å². The van der Waals surface area contributed by atoms with Crippen LogP contribution < -0.4 is 5.32 Å². The van der Waals surface area contributed by atoms with Crippen molar-refractivity contribution in [2.45, 2.75) is 58.0 Å². The second kappa shape index (κ2) is 3.94. The first-order valence-corrected chi connectivity index (χ1v) is 6.43. The van der Waals surface area contributed by atoms with Crippen LogP contribution in [0.25, 0.3) is 0 Å². The van der Waals surface area contributed by atoms with Gasteiger partial charge in [-0.3, -0.25) is 0 Å². The normalized spacial score (nSPS) is 37.5. The summed E-state index contributed by atoms with van der Waals surface area (Å²) < 4.78 is 5.59. The van der Waals surface area contributed by atoms with Gasteiger partial charge in [-0.2, -0.15) is 0 Å². The van der Waals surface area contributed by atoms with Crippen molar-refractivity contribution >= 4 is 6.09 Å². The average Bonchev–Trinajstić information content (AvgIpc) is 2.30. The Bertz CT molecular complexity index is 261. The van der Waals surface area contributed by atoms with E-state index in [0.717, 1.165) is 25.2 Å². The van der Waals surface area contributed by atoms with E-state index in [9.17, 15) is 4.79 Å². The van der Waals surface area contributed by atoms with E-state index in [1.54, 1.807) is 7.05 Å². The van der Waals surface area contributed by atoms with Gasteiger partial charge in [-0.15, -0.1) is 0 Å². The van der Waals surface area contributed by atoms with Crippen LogP contribution in [0, 0.1) is 11.3 Å². The van der Waals surface area contributed by atoms with E-state index in [0.29, 0.717) is 5.41 Å². The Morgan fingerprint density at radius 3 is 2.00 bits per heavy atom. The number of carbonyl (C=O) groups excluding carboxylic acids is 1. The van der Waals surface area contributed by atoms with Crippen LogP contribution in [0.5, 0.6) is 0 Å². The summed E-state index contributed by atoms with van der Waals surface area (Å²) in [5, 5.41) is 2.56.